The van der Waals surface area contributed by atoms with Crippen molar-refractivity contribution < 1.29 is 14.4 Å². The van der Waals surface area contributed by atoms with Crippen LogP contribution in [0.25, 0.3) is 0 Å². The number of amides is 2. The van der Waals surface area contributed by atoms with Crippen molar-refractivity contribution in [1.82, 2.24) is 20.6 Å². The molecule has 5 N–H and O–H groups in total. The lowest BCUT2D eigenvalue weighted by Gasteiger charge is -2.20. The first-order valence-corrected chi connectivity index (χ1v) is 6.23. The van der Waals surface area contributed by atoms with E-state index in [0.29, 0.717) is 12.0 Å². The largest absolute Gasteiger partial charge is 0.348 e. The maximum atomic E-state index is 12.0. The molecule has 3 atom stereocenters. The van der Waals surface area contributed by atoms with Crippen molar-refractivity contribution in [1.29, 1.82) is 0 Å². The molecule has 0 radical (unpaired) electrons. The summed E-state index contributed by atoms with van der Waals surface area (Å²) in [6.07, 6.45) is 3.88. The summed E-state index contributed by atoms with van der Waals surface area (Å²) >= 11 is 0. The van der Waals surface area contributed by atoms with Gasteiger partial charge in [-0.15, -0.1) is 0 Å². The highest BCUT2D eigenvalue weighted by Gasteiger charge is 2.24. The number of imidazole rings is 1. The minimum Gasteiger partial charge on any atom is -0.348 e. The number of nitrogens with two attached hydrogens (primary N) is 1. The summed E-state index contributed by atoms with van der Waals surface area (Å²) in [5.41, 5.74) is 6.15. The lowest BCUT2D eigenvalue weighted by molar-refractivity contribution is -0.130. The highest BCUT2D eigenvalue weighted by atomic mass is 16.2. The Morgan fingerprint density at radius 3 is 2.60 bits per heavy atom. The summed E-state index contributed by atoms with van der Waals surface area (Å²) in [6, 6.07) is -2.18. The lowest BCUT2D eigenvalue weighted by atomic mass is 10.1. The molecule has 0 aliphatic heterocycles. The van der Waals surface area contributed by atoms with Gasteiger partial charge in [0.25, 0.3) is 0 Å². The Labute approximate surface area is 116 Å². The van der Waals surface area contributed by atoms with Crippen molar-refractivity contribution >= 4 is 18.1 Å². The van der Waals surface area contributed by atoms with Gasteiger partial charge >= 0.3 is 0 Å². The monoisotopic (exact) mass is 281 g/mol. The molecule has 0 saturated heterocycles. The highest BCUT2D eigenvalue weighted by molar-refractivity contribution is 5.90. The molecule has 8 nitrogen and oxygen atoms in total. The van der Waals surface area contributed by atoms with Gasteiger partial charge in [0, 0.05) is 18.3 Å². The van der Waals surface area contributed by atoms with Gasteiger partial charge in [0.2, 0.25) is 11.8 Å². The second-order valence-corrected chi connectivity index (χ2v) is 4.56. The average molecular weight is 281 g/mol. The van der Waals surface area contributed by atoms with E-state index in [4.69, 9.17) is 5.73 Å². The van der Waals surface area contributed by atoms with Gasteiger partial charge in [0.15, 0.2) is 0 Å². The molecule has 0 bridgehead atoms. The first-order valence-electron chi connectivity index (χ1n) is 6.23. The Kier molecular flexibility index (Phi) is 5.85. The van der Waals surface area contributed by atoms with Crippen LogP contribution in [0.15, 0.2) is 12.5 Å². The van der Waals surface area contributed by atoms with Crippen LogP contribution in [0.4, 0.5) is 0 Å². The number of carbonyl (C=O) groups is 3. The fourth-order valence-corrected chi connectivity index (χ4v) is 1.49. The summed E-state index contributed by atoms with van der Waals surface area (Å²) in [4.78, 5) is 40.9. The van der Waals surface area contributed by atoms with Crippen molar-refractivity contribution in [3.05, 3.63) is 18.2 Å². The number of carbonyl (C=O) groups excluding carboxylic acids is 3. The summed E-state index contributed by atoms with van der Waals surface area (Å²) in [7, 11) is 0. The van der Waals surface area contributed by atoms with E-state index >= 15 is 0 Å². The number of H-pyrrole nitrogens is 1. The van der Waals surface area contributed by atoms with Crippen molar-refractivity contribution in [2.45, 2.75) is 38.4 Å². The van der Waals surface area contributed by atoms with Gasteiger partial charge in [0.05, 0.1) is 18.4 Å². The number of nitrogens with zero attached hydrogens (tertiary/aromatic N) is 1. The van der Waals surface area contributed by atoms with Crippen LogP contribution < -0.4 is 16.4 Å². The summed E-state index contributed by atoms with van der Waals surface area (Å²) in [6.45, 7) is 3.07. The number of rotatable bonds is 7. The predicted octanol–water partition coefficient (Wildman–Crippen LogP) is -1.51. The highest BCUT2D eigenvalue weighted by Crippen LogP contribution is 2.00. The van der Waals surface area contributed by atoms with E-state index in [2.05, 4.69) is 20.6 Å². The topological polar surface area (TPSA) is 130 Å². The van der Waals surface area contributed by atoms with E-state index in [1.165, 1.54) is 13.3 Å². The Morgan fingerprint density at radius 2 is 2.10 bits per heavy atom. The zero-order chi connectivity index (χ0) is 15.1. The summed E-state index contributed by atoms with van der Waals surface area (Å²) < 4.78 is 0. The fourth-order valence-electron chi connectivity index (χ4n) is 1.49. The standard InChI is InChI=1S/C12H19N5O3/c1-7(5-18)16-12(20)10(17-11(19)8(2)13)3-9-4-14-6-15-9/h4-8,10H,3,13H2,1-2H3,(H,14,15)(H,16,20)(H,17,19)/t7-,8-,10-/m0/s1. The van der Waals surface area contributed by atoms with Gasteiger partial charge in [-0.25, -0.2) is 4.98 Å². The zero-order valence-electron chi connectivity index (χ0n) is 11.4. The molecule has 0 aromatic carbocycles. The number of nitrogens with one attached hydrogen (secondary N) is 3. The predicted molar refractivity (Wildman–Crippen MR) is 71.5 cm³/mol. The van der Waals surface area contributed by atoms with Crippen LogP contribution in [0.5, 0.6) is 0 Å². The Balaban J connectivity index is 2.75. The number of aromatic amines is 1. The van der Waals surface area contributed by atoms with Gasteiger partial charge < -0.3 is 26.1 Å². The van der Waals surface area contributed by atoms with Crippen molar-refractivity contribution in [2.24, 2.45) is 5.73 Å². The van der Waals surface area contributed by atoms with Gasteiger partial charge in [-0.2, -0.15) is 0 Å². The minimum absolute atomic E-state index is 0.232. The minimum atomic E-state index is -0.823. The van der Waals surface area contributed by atoms with Gasteiger partial charge in [-0.1, -0.05) is 0 Å². The third-order valence-corrected chi connectivity index (χ3v) is 2.60. The normalized spacial score (nSPS) is 14.9. The fraction of sp³-hybridized carbons (Fsp3) is 0.500. The molecule has 1 aromatic heterocycles. The van der Waals surface area contributed by atoms with Gasteiger partial charge in [0.1, 0.15) is 12.3 Å². The SMILES string of the molecule is C[C@H](N)C(=O)N[C@@H](Cc1cnc[nH]1)C(=O)N[C@@H](C)C=O. The molecule has 0 fully saturated rings. The number of aldehydes is 1. The summed E-state index contributed by atoms with van der Waals surface area (Å²) in [5, 5.41) is 5.03. The lowest BCUT2D eigenvalue weighted by Crippen LogP contribution is -2.53. The summed E-state index contributed by atoms with van der Waals surface area (Å²) in [5.74, 6) is -0.892. The van der Waals surface area contributed by atoms with E-state index in [1.54, 1.807) is 13.1 Å². The molecule has 1 heterocycles. The van der Waals surface area contributed by atoms with Crippen molar-refractivity contribution in [3.8, 4) is 0 Å². The number of hydrogen-bond donors (Lipinski definition) is 4. The van der Waals surface area contributed by atoms with Crippen LogP contribution in [-0.4, -0.2) is 46.2 Å². The Morgan fingerprint density at radius 1 is 1.40 bits per heavy atom. The average Bonchev–Trinajstić information content (AvgIpc) is 2.90. The van der Waals surface area contributed by atoms with Gasteiger partial charge in [-0.05, 0) is 13.8 Å². The van der Waals surface area contributed by atoms with Gasteiger partial charge in [-0.3, -0.25) is 9.59 Å². The van der Waals surface area contributed by atoms with Crippen LogP contribution in [0.1, 0.15) is 19.5 Å². The first-order chi connectivity index (χ1) is 9.43. The Bertz CT molecular complexity index is 458. The molecule has 0 unspecified atom stereocenters. The quantitative estimate of drug-likeness (QED) is 0.451. The molecular weight excluding hydrogens is 262 g/mol. The van der Waals surface area contributed by atoms with E-state index in [0.717, 1.165) is 0 Å². The maximum absolute atomic E-state index is 12.0. The molecule has 110 valence electrons. The van der Waals surface area contributed by atoms with Crippen LogP contribution in [0.3, 0.4) is 0 Å². The number of aromatic nitrogens is 2. The molecule has 0 spiro atoms. The molecule has 1 aromatic rings. The first kappa shape index (κ1) is 15.8. The second kappa shape index (κ2) is 7.39. The smallest absolute Gasteiger partial charge is 0.243 e. The van der Waals surface area contributed by atoms with Crippen molar-refractivity contribution in [3.63, 3.8) is 0 Å². The van der Waals surface area contributed by atoms with Crippen LogP contribution in [-0.2, 0) is 20.8 Å². The van der Waals surface area contributed by atoms with Crippen molar-refractivity contribution in [2.75, 3.05) is 0 Å². The van der Waals surface area contributed by atoms with Crippen LogP contribution in [0.2, 0.25) is 0 Å². The molecule has 20 heavy (non-hydrogen) atoms. The van der Waals surface area contributed by atoms with Crippen LogP contribution >= 0.6 is 0 Å². The molecule has 8 heteroatoms. The molecule has 1 rings (SSSR count). The van der Waals surface area contributed by atoms with E-state index < -0.39 is 29.9 Å². The second-order valence-electron chi connectivity index (χ2n) is 4.56. The van der Waals surface area contributed by atoms with E-state index in [9.17, 15) is 14.4 Å². The van der Waals surface area contributed by atoms with Crippen LogP contribution in [0, 0.1) is 0 Å². The molecular formula is C12H19N5O3. The van der Waals surface area contributed by atoms with E-state index in [-0.39, 0.29) is 6.42 Å². The Hall–Kier alpha value is -2.22. The molecule has 0 aliphatic rings. The molecule has 2 amide bonds. The zero-order valence-corrected chi connectivity index (χ0v) is 11.4. The maximum Gasteiger partial charge on any atom is 0.243 e. The third kappa shape index (κ3) is 4.81. The molecule has 0 saturated carbocycles. The van der Waals surface area contributed by atoms with E-state index in [1.807, 2.05) is 0 Å². The molecule has 0 aliphatic carbocycles. The third-order valence-electron chi connectivity index (χ3n) is 2.60. The number of hydrogen-bond acceptors (Lipinski definition) is 5.